The third-order valence-electron chi connectivity index (χ3n) is 5.02. The van der Waals surface area contributed by atoms with E-state index in [4.69, 9.17) is 9.47 Å². The zero-order chi connectivity index (χ0) is 17.6. The van der Waals surface area contributed by atoms with Crippen molar-refractivity contribution in [2.24, 2.45) is 10.9 Å². The van der Waals surface area contributed by atoms with Crippen molar-refractivity contribution in [2.75, 3.05) is 20.4 Å². The van der Waals surface area contributed by atoms with Gasteiger partial charge < -0.3 is 20.1 Å². The number of nitrogens with one attached hydrogen (secondary N) is 2. The van der Waals surface area contributed by atoms with Crippen molar-refractivity contribution in [3.05, 3.63) is 29.1 Å². The summed E-state index contributed by atoms with van der Waals surface area (Å²) < 4.78 is 24.6. The molecule has 2 N–H and O–H groups in total. The van der Waals surface area contributed by atoms with Crippen molar-refractivity contribution in [3.63, 3.8) is 0 Å². The maximum atomic E-state index is 13.8. The second-order valence-corrected chi connectivity index (χ2v) is 7.01. The van der Waals surface area contributed by atoms with Gasteiger partial charge in [-0.1, -0.05) is 6.92 Å². The number of hydrogen-bond donors (Lipinski definition) is 2. The van der Waals surface area contributed by atoms with Crippen LogP contribution < -0.4 is 15.4 Å². The van der Waals surface area contributed by atoms with E-state index in [1.54, 1.807) is 13.1 Å². The number of fused-ring (bicyclic) bond motifs is 1. The third-order valence-corrected chi connectivity index (χ3v) is 5.02. The minimum Gasteiger partial charge on any atom is -0.467 e. The summed E-state index contributed by atoms with van der Waals surface area (Å²) in [7, 11) is 1.78. The summed E-state index contributed by atoms with van der Waals surface area (Å²) in [5, 5.41) is 6.83. The van der Waals surface area contributed by atoms with Crippen LogP contribution in [0.1, 0.15) is 43.7 Å². The number of hydrogen-bond acceptors (Lipinski definition) is 3. The number of aliphatic imine (C=N–C) groups is 1. The molecule has 26 heavy (non-hydrogen) atoms. The average molecular weight is 477 g/mol. The third kappa shape index (κ3) is 5.70. The molecule has 1 aromatic carbocycles. The molecule has 0 bridgehead atoms. The number of rotatable bonds is 4. The van der Waals surface area contributed by atoms with Gasteiger partial charge in [0.1, 0.15) is 11.6 Å². The summed E-state index contributed by atoms with van der Waals surface area (Å²) in [6.07, 6.45) is 5.58. The van der Waals surface area contributed by atoms with Crippen molar-refractivity contribution in [2.45, 2.75) is 51.7 Å². The lowest BCUT2D eigenvalue weighted by atomic mass is 9.87. The van der Waals surface area contributed by atoms with Gasteiger partial charge in [0.05, 0.1) is 6.61 Å². The van der Waals surface area contributed by atoms with Gasteiger partial charge in [0.25, 0.3) is 0 Å². The summed E-state index contributed by atoms with van der Waals surface area (Å²) >= 11 is 0. The zero-order valence-corrected chi connectivity index (χ0v) is 17.8. The lowest BCUT2D eigenvalue weighted by Gasteiger charge is -2.28. The minimum absolute atomic E-state index is 0. The van der Waals surface area contributed by atoms with Gasteiger partial charge in [-0.3, -0.25) is 4.99 Å². The predicted molar refractivity (Wildman–Crippen MR) is 112 cm³/mol. The van der Waals surface area contributed by atoms with E-state index in [2.05, 4.69) is 22.5 Å². The van der Waals surface area contributed by atoms with Gasteiger partial charge in [0.2, 0.25) is 0 Å². The molecule has 0 saturated heterocycles. The van der Waals surface area contributed by atoms with E-state index in [1.807, 2.05) is 0 Å². The van der Waals surface area contributed by atoms with Crippen LogP contribution in [0, 0.1) is 11.7 Å². The Morgan fingerprint density at radius 3 is 2.77 bits per heavy atom. The molecule has 7 heteroatoms. The molecule has 0 unspecified atom stereocenters. The summed E-state index contributed by atoms with van der Waals surface area (Å²) in [5.41, 5.74) is 1.65. The van der Waals surface area contributed by atoms with Gasteiger partial charge >= 0.3 is 0 Å². The van der Waals surface area contributed by atoms with E-state index in [1.165, 1.54) is 31.7 Å². The van der Waals surface area contributed by atoms with E-state index in [-0.39, 0.29) is 36.6 Å². The van der Waals surface area contributed by atoms with E-state index in [9.17, 15) is 4.39 Å². The molecular formula is C19H29FIN3O2. The maximum absolute atomic E-state index is 13.8. The predicted octanol–water partition coefficient (Wildman–Crippen LogP) is 3.60. The van der Waals surface area contributed by atoms with Gasteiger partial charge in [-0.05, 0) is 55.7 Å². The first-order valence-corrected chi connectivity index (χ1v) is 9.14. The maximum Gasteiger partial charge on any atom is 0.191 e. The van der Waals surface area contributed by atoms with Gasteiger partial charge in [0, 0.05) is 25.2 Å². The smallest absolute Gasteiger partial charge is 0.191 e. The highest BCUT2D eigenvalue weighted by molar-refractivity contribution is 14.0. The van der Waals surface area contributed by atoms with Crippen molar-refractivity contribution >= 4 is 29.9 Å². The van der Waals surface area contributed by atoms with Crippen molar-refractivity contribution in [1.29, 1.82) is 0 Å². The lowest BCUT2D eigenvalue weighted by molar-refractivity contribution is -0.0172. The van der Waals surface area contributed by atoms with Gasteiger partial charge in [0.15, 0.2) is 12.8 Å². The number of nitrogens with zero attached hydrogens (tertiary/aromatic N) is 1. The molecule has 5 nitrogen and oxygen atoms in total. The average Bonchev–Trinajstić information content (AvgIpc) is 2.62. The van der Waals surface area contributed by atoms with Gasteiger partial charge in [-0.25, -0.2) is 4.39 Å². The quantitative estimate of drug-likeness (QED) is 0.396. The van der Waals surface area contributed by atoms with Crippen molar-refractivity contribution < 1.29 is 13.9 Å². The number of benzene rings is 1. The molecule has 1 aliphatic carbocycles. The molecule has 0 atom stereocenters. The molecule has 1 fully saturated rings. The molecule has 3 rings (SSSR count). The summed E-state index contributed by atoms with van der Waals surface area (Å²) in [5.74, 6) is 2.16. The van der Waals surface area contributed by atoms with E-state index in [0.29, 0.717) is 25.6 Å². The fourth-order valence-electron chi connectivity index (χ4n) is 3.55. The molecule has 1 saturated carbocycles. The Morgan fingerprint density at radius 2 is 2.04 bits per heavy atom. The second-order valence-electron chi connectivity index (χ2n) is 7.01. The lowest BCUT2D eigenvalue weighted by Crippen LogP contribution is -2.45. The molecule has 1 aromatic rings. The summed E-state index contributed by atoms with van der Waals surface area (Å²) in [6.45, 7) is 3.61. The van der Waals surface area contributed by atoms with Crippen LogP contribution in [0.2, 0.25) is 0 Å². The van der Waals surface area contributed by atoms with Crippen LogP contribution in [0.4, 0.5) is 4.39 Å². The molecule has 1 heterocycles. The Hall–Kier alpha value is -1.09. The highest BCUT2D eigenvalue weighted by atomic mass is 127. The van der Waals surface area contributed by atoms with Crippen LogP contribution in [0.5, 0.6) is 5.75 Å². The molecule has 0 amide bonds. The first-order valence-electron chi connectivity index (χ1n) is 9.14. The normalized spacial score (nSPS) is 22.7. The summed E-state index contributed by atoms with van der Waals surface area (Å²) in [6, 6.07) is 3.52. The first-order chi connectivity index (χ1) is 12.2. The molecule has 146 valence electrons. The highest BCUT2D eigenvalue weighted by Gasteiger charge is 2.19. The Kier molecular flexibility index (Phi) is 8.40. The SMILES string of the molecule is CN=C(NCCc1cc(F)cc2c1OCOC2)NC1CCC(C)CC1.I. The van der Waals surface area contributed by atoms with Gasteiger partial charge in [-0.2, -0.15) is 0 Å². The minimum atomic E-state index is -0.248. The largest absolute Gasteiger partial charge is 0.467 e. The van der Waals surface area contributed by atoms with Crippen LogP contribution in [0.25, 0.3) is 0 Å². The molecule has 0 radical (unpaired) electrons. The topological polar surface area (TPSA) is 54.9 Å². The number of guanidine groups is 1. The molecule has 2 aliphatic rings. The fraction of sp³-hybridized carbons (Fsp3) is 0.632. The molecule has 0 aromatic heterocycles. The van der Waals surface area contributed by atoms with E-state index >= 15 is 0 Å². The van der Waals surface area contributed by atoms with Gasteiger partial charge in [-0.15, -0.1) is 24.0 Å². The van der Waals surface area contributed by atoms with Crippen LogP contribution >= 0.6 is 24.0 Å². The van der Waals surface area contributed by atoms with E-state index < -0.39 is 0 Å². The number of ether oxygens (including phenoxy) is 2. The molecule has 0 spiro atoms. The first kappa shape index (κ1) is 21.2. The highest BCUT2D eigenvalue weighted by Crippen LogP contribution is 2.29. The monoisotopic (exact) mass is 477 g/mol. The van der Waals surface area contributed by atoms with Crippen LogP contribution in [0.15, 0.2) is 17.1 Å². The second kappa shape index (κ2) is 10.3. The number of halogens is 2. The van der Waals surface area contributed by atoms with Crippen LogP contribution in [-0.4, -0.2) is 32.4 Å². The van der Waals surface area contributed by atoms with Crippen molar-refractivity contribution in [1.82, 2.24) is 10.6 Å². The molecule has 1 aliphatic heterocycles. The molecular weight excluding hydrogens is 448 g/mol. The Labute approximate surface area is 172 Å². The standard InChI is InChI=1S/C19H28FN3O2.HI/c1-13-3-5-17(6-4-13)23-19(21-2)22-8-7-14-9-16(20)10-15-11-24-12-25-18(14)15;/h9-10,13,17H,3-8,11-12H2,1-2H3,(H2,21,22,23);1H. The van der Waals surface area contributed by atoms with E-state index in [0.717, 1.165) is 28.8 Å². The van der Waals surface area contributed by atoms with Crippen molar-refractivity contribution in [3.8, 4) is 5.75 Å². The Morgan fingerprint density at radius 1 is 1.27 bits per heavy atom. The van der Waals surface area contributed by atoms with Crippen LogP contribution in [0.3, 0.4) is 0 Å². The Balaban J connectivity index is 0.00000243. The zero-order valence-electron chi connectivity index (χ0n) is 15.5. The fourth-order valence-corrected chi connectivity index (χ4v) is 3.55. The summed E-state index contributed by atoms with van der Waals surface area (Å²) in [4.78, 5) is 4.31. The Bertz CT molecular complexity index is 619. The van der Waals surface area contributed by atoms with Crippen LogP contribution in [-0.2, 0) is 17.8 Å².